The first kappa shape index (κ1) is 20.5. The molecule has 2 aliphatic heterocycles. The largest absolute Gasteiger partial charge is 0.381 e. The van der Waals surface area contributed by atoms with Crippen LogP contribution in [0.1, 0.15) is 62.5 Å². The molecule has 1 aromatic rings. The molecular formula is C22H35N5O2. The van der Waals surface area contributed by atoms with Gasteiger partial charge in [-0.3, -0.25) is 9.69 Å². The number of carbonyl (C=O) groups excluding carboxylic acids is 1. The summed E-state index contributed by atoms with van der Waals surface area (Å²) in [4.78, 5) is 26.9. The fourth-order valence-corrected chi connectivity index (χ4v) is 4.76. The van der Waals surface area contributed by atoms with E-state index >= 15 is 0 Å². The van der Waals surface area contributed by atoms with Crippen LogP contribution in [0, 0.1) is 0 Å². The Morgan fingerprint density at radius 2 is 1.83 bits per heavy atom. The molecule has 0 spiro atoms. The zero-order valence-corrected chi connectivity index (χ0v) is 18.0. The number of hydrogen-bond acceptors (Lipinski definition) is 6. The summed E-state index contributed by atoms with van der Waals surface area (Å²) < 4.78 is 5.74. The lowest BCUT2D eigenvalue weighted by Gasteiger charge is -2.36. The maximum Gasteiger partial charge on any atom is 0.234 e. The van der Waals surface area contributed by atoms with Crippen LogP contribution in [0.5, 0.6) is 0 Å². The SMILES string of the molecule is CC(C)NC(=O)CN1CCN(c2nc(C3CCCC3)nc3c2CCOCC3)CC1. The van der Waals surface area contributed by atoms with E-state index in [9.17, 15) is 4.79 Å². The van der Waals surface area contributed by atoms with Crippen molar-refractivity contribution in [1.82, 2.24) is 20.2 Å². The van der Waals surface area contributed by atoms with E-state index < -0.39 is 0 Å². The summed E-state index contributed by atoms with van der Waals surface area (Å²) in [6, 6.07) is 0.191. The summed E-state index contributed by atoms with van der Waals surface area (Å²) in [6.45, 7) is 9.58. The predicted molar refractivity (Wildman–Crippen MR) is 113 cm³/mol. The van der Waals surface area contributed by atoms with Crippen LogP contribution in [0.2, 0.25) is 0 Å². The van der Waals surface area contributed by atoms with Crippen LogP contribution in [-0.4, -0.2) is 72.8 Å². The van der Waals surface area contributed by atoms with Gasteiger partial charge in [0.1, 0.15) is 11.6 Å². The number of carbonyl (C=O) groups is 1. The molecular weight excluding hydrogens is 366 g/mol. The molecule has 0 aromatic carbocycles. The number of hydrogen-bond donors (Lipinski definition) is 1. The number of amides is 1. The van der Waals surface area contributed by atoms with Gasteiger partial charge in [-0.15, -0.1) is 0 Å². The highest BCUT2D eigenvalue weighted by atomic mass is 16.5. The molecule has 2 fully saturated rings. The average Bonchev–Trinajstić information content (AvgIpc) is 3.13. The van der Waals surface area contributed by atoms with Crippen LogP contribution >= 0.6 is 0 Å². The van der Waals surface area contributed by atoms with E-state index in [2.05, 4.69) is 15.1 Å². The van der Waals surface area contributed by atoms with Gasteiger partial charge >= 0.3 is 0 Å². The second kappa shape index (κ2) is 9.39. The van der Waals surface area contributed by atoms with E-state index in [1.165, 1.54) is 36.9 Å². The lowest BCUT2D eigenvalue weighted by atomic mass is 10.0. The number of nitrogens with one attached hydrogen (secondary N) is 1. The summed E-state index contributed by atoms with van der Waals surface area (Å²) in [5, 5.41) is 2.99. The highest BCUT2D eigenvalue weighted by molar-refractivity contribution is 5.78. The Morgan fingerprint density at radius 1 is 1.10 bits per heavy atom. The van der Waals surface area contributed by atoms with E-state index in [0.29, 0.717) is 12.5 Å². The molecule has 1 aromatic heterocycles. The van der Waals surface area contributed by atoms with Gasteiger partial charge in [-0.25, -0.2) is 9.97 Å². The molecule has 0 bridgehead atoms. The third kappa shape index (κ3) is 5.07. The van der Waals surface area contributed by atoms with Crippen LogP contribution < -0.4 is 10.2 Å². The smallest absolute Gasteiger partial charge is 0.234 e. The van der Waals surface area contributed by atoms with Gasteiger partial charge in [-0.2, -0.15) is 0 Å². The van der Waals surface area contributed by atoms with Crippen LogP contribution in [0.25, 0.3) is 0 Å². The normalized spacial score (nSPS) is 21.3. The molecule has 3 aliphatic rings. The summed E-state index contributed by atoms with van der Waals surface area (Å²) in [5.41, 5.74) is 2.49. The van der Waals surface area contributed by atoms with Gasteiger partial charge in [0.2, 0.25) is 5.91 Å². The van der Waals surface area contributed by atoms with Crippen LogP contribution in [-0.2, 0) is 22.4 Å². The third-order valence-electron chi connectivity index (χ3n) is 6.28. The minimum Gasteiger partial charge on any atom is -0.381 e. The van der Waals surface area contributed by atoms with Crippen molar-refractivity contribution in [2.75, 3.05) is 50.8 Å². The van der Waals surface area contributed by atoms with Gasteiger partial charge in [0.15, 0.2) is 0 Å². The number of fused-ring (bicyclic) bond motifs is 1. The molecule has 1 saturated carbocycles. The molecule has 29 heavy (non-hydrogen) atoms. The first-order valence-corrected chi connectivity index (χ1v) is 11.3. The maximum atomic E-state index is 12.1. The van der Waals surface area contributed by atoms with Crippen LogP contribution in [0.3, 0.4) is 0 Å². The molecule has 0 radical (unpaired) electrons. The molecule has 4 rings (SSSR count). The number of piperazine rings is 1. The van der Waals surface area contributed by atoms with Crippen molar-refractivity contribution in [1.29, 1.82) is 0 Å². The highest BCUT2D eigenvalue weighted by Gasteiger charge is 2.28. The van der Waals surface area contributed by atoms with Gasteiger partial charge < -0.3 is 15.0 Å². The lowest BCUT2D eigenvalue weighted by Crippen LogP contribution is -2.50. The van der Waals surface area contributed by atoms with Crippen molar-refractivity contribution >= 4 is 11.7 Å². The zero-order chi connectivity index (χ0) is 20.2. The fraction of sp³-hybridized carbons (Fsp3) is 0.773. The summed E-state index contributed by atoms with van der Waals surface area (Å²) in [6.07, 6.45) is 6.80. The Hall–Kier alpha value is -1.73. The quantitative estimate of drug-likeness (QED) is 0.813. The number of nitrogens with zero attached hydrogens (tertiary/aromatic N) is 4. The van der Waals surface area contributed by atoms with Gasteiger partial charge in [-0.1, -0.05) is 12.8 Å². The summed E-state index contributed by atoms with van der Waals surface area (Å²) in [7, 11) is 0. The average molecular weight is 402 g/mol. The standard InChI is InChI=1S/C22H35N5O2/c1-16(2)23-20(28)15-26-9-11-27(12-10-26)22-18-7-13-29-14-8-19(18)24-21(25-22)17-5-3-4-6-17/h16-17H,3-15H2,1-2H3,(H,23,28). The van der Waals surface area contributed by atoms with E-state index in [-0.39, 0.29) is 11.9 Å². The van der Waals surface area contributed by atoms with Gasteiger partial charge in [0.25, 0.3) is 0 Å². The topological polar surface area (TPSA) is 70.6 Å². The van der Waals surface area contributed by atoms with Gasteiger partial charge in [-0.05, 0) is 26.7 Å². The Bertz CT molecular complexity index is 709. The van der Waals surface area contributed by atoms with E-state index in [1.54, 1.807) is 0 Å². The summed E-state index contributed by atoms with van der Waals surface area (Å²) >= 11 is 0. The second-order valence-electron chi connectivity index (χ2n) is 8.91. The van der Waals surface area contributed by atoms with E-state index in [0.717, 1.165) is 63.9 Å². The zero-order valence-electron chi connectivity index (χ0n) is 18.0. The third-order valence-corrected chi connectivity index (χ3v) is 6.28. The molecule has 1 saturated heterocycles. The van der Waals surface area contributed by atoms with E-state index in [1.807, 2.05) is 13.8 Å². The molecule has 1 aliphatic carbocycles. The molecule has 7 nitrogen and oxygen atoms in total. The molecule has 3 heterocycles. The molecule has 0 unspecified atom stereocenters. The van der Waals surface area contributed by atoms with Crippen LogP contribution in [0.4, 0.5) is 5.82 Å². The van der Waals surface area contributed by atoms with Crippen molar-refractivity contribution in [3.05, 3.63) is 17.1 Å². The second-order valence-corrected chi connectivity index (χ2v) is 8.91. The minimum atomic E-state index is 0.116. The first-order chi connectivity index (χ1) is 14.1. The van der Waals surface area contributed by atoms with Crippen molar-refractivity contribution in [2.24, 2.45) is 0 Å². The Morgan fingerprint density at radius 3 is 2.55 bits per heavy atom. The molecule has 160 valence electrons. The number of ether oxygens (including phenoxy) is 1. The highest BCUT2D eigenvalue weighted by Crippen LogP contribution is 2.35. The molecule has 7 heteroatoms. The maximum absolute atomic E-state index is 12.1. The van der Waals surface area contributed by atoms with Crippen molar-refractivity contribution in [3.63, 3.8) is 0 Å². The number of aromatic nitrogens is 2. The molecule has 1 amide bonds. The Kier molecular flexibility index (Phi) is 6.65. The monoisotopic (exact) mass is 401 g/mol. The first-order valence-electron chi connectivity index (χ1n) is 11.3. The Labute approximate surface area is 174 Å². The Balaban J connectivity index is 1.49. The minimum absolute atomic E-state index is 0.116. The number of anilines is 1. The number of rotatable bonds is 5. The van der Waals surface area contributed by atoms with Crippen molar-refractivity contribution < 1.29 is 9.53 Å². The molecule has 0 atom stereocenters. The van der Waals surface area contributed by atoms with E-state index in [4.69, 9.17) is 14.7 Å². The van der Waals surface area contributed by atoms with Crippen molar-refractivity contribution in [2.45, 2.75) is 64.3 Å². The lowest BCUT2D eigenvalue weighted by molar-refractivity contribution is -0.122. The van der Waals surface area contributed by atoms with Gasteiger partial charge in [0.05, 0.1) is 25.5 Å². The van der Waals surface area contributed by atoms with Gasteiger partial charge in [0, 0.05) is 56.5 Å². The fourth-order valence-electron chi connectivity index (χ4n) is 4.76. The van der Waals surface area contributed by atoms with Crippen molar-refractivity contribution in [3.8, 4) is 0 Å². The summed E-state index contributed by atoms with van der Waals surface area (Å²) in [5.74, 6) is 2.82. The predicted octanol–water partition coefficient (Wildman–Crippen LogP) is 1.90. The van der Waals surface area contributed by atoms with Crippen LogP contribution in [0.15, 0.2) is 0 Å². The molecule has 1 N–H and O–H groups in total.